The van der Waals surface area contributed by atoms with Crippen LogP contribution in [0.2, 0.25) is 0 Å². The maximum absolute atomic E-state index is 12.8. The Morgan fingerprint density at radius 2 is 1.96 bits per heavy atom. The normalized spacial score (nSPS) is 19.1. The highest BCUT2D eigenvalue weighted by atomic mass is 32.2. The van der Waals surface area contributed by atoms with Crippen LogP contribution < -0.4 is 0 Å². The third-order valence-electron chi connectivity index (χ3n) is 4.55. The minimum atomic E-state index is -3.01. The van der Waals surface area contributed by atoms with Crippen molar-refractivity contribution in [1.82, 2.24) is 9.88 Å². The van der Waals surface area contributed by atoms with Crippen LogP contribution in [-0.4, -0.2) is 48.3 Å². The van der Waals surface area contributed by atoms with E-state index in [1.54, 1.807) is 16.2 Å². The largest absolute Gasteiger partial charge is 0.335 e. The predicted molar refractivity (Wildman–Crippen MR) is 101 cm³/mol. The second-order valence-electron chi connectivity index (χ2n) is 6.37. The Bertz CT molecular complexity index is 886. The Morgan fingerprint density at radius 3 is 2.44 bits per heavy atom. The SMILES string of the molecule is CCN(C(=O)c1ccc(-c2sc(C)nc2C)cc1)[C@@H]1CCS(=O)(=O)C1. The van der Waals surface area contributed by atoms with E-state index in [2.05, 4.69) is 4.98 Å². The van der Waals surface area contributed by atoms with E-state index in [0.717, 1.165) is 21.1 Å². The lowest BCUT2D eigenvalue weighted by molar-refractivity contribution is 0.0708. The monoisotopic (exact) mass is 378 g/mol. The smallest absolute Gasteiger partial charge is 0.254 e. The molecule has 0 saturated carbocycles. The van der Waals surface area contributed by atoms with Gasteiger partial charge in [-0.3, -0.25) is 4.79 Å². The van der Waals surface area contributed by atoms with E-state index < -0.39 is 9.84 Å². The number of nitrogens with zero attached hydrogens (tertiary/aromatic N) is 2. The minimum absolute atomic E-state index is 0.0734. The lowest BCUT2D eigenvalue weighted by atomic mass is 10.1. The molecule has 1 saturated heterocycles. The second-order valence-corrected chi connectivity index (χ2v) is 9.80. The fourth-order valence-corrected chi connectivity index (χ4v) is 5.97. The van der Waals surface area contributed by atoms with Crippen LogP contribution in [0.5, 0.6) is 0 Å². The summed E-state index contributed by atoms with van der Waals surface area (Å²) in [6.45, 7) is 6.36. The van der Waals surface area contributed by atoms with Gasteiger partial charge in [0.1, 0.15) is 0 Å². The van der Waals surface area contributed by atoms with Crippen molar-refractivity contribution in [3.63, 3.8) is 0 Å². The number of hydrogen-bond donors (Lipinski definition) is 0. The molecule has 0 N–H and O–H groups in total. The number of hydrogen-bond acceptors (Lipinski definition) is 5. The van der Waals surface area contributed by atoms with E-state index in [1.807, 2.05) is 45.0 Å². The molecule has 0 bridgehead atoms. The van der Waals surface area contributed by atoms with Crippen molar-refractivity contribution in [1.29, 1.82) is 0 Å². The van der Waals surface area contributed by atoms with E-state index in [-0.39, 0.29) is 23.5 Å². The molecular weight excluding hydrogens is 356 g/mol. The van der Waals surface area contributed by atoms with Crippen molar-refractivity contribution in [2.24, 2.45) is 0 Å². The molecule has 2 aromatic rings. The Balaban J connectivity index is 1.81. The molecule has 1 aromatic carbocycles. The highest BCUT2D eigenvalue weighted by molar-refractivity contribution is 7.91. The summed E-state index contributed by atoms with van der Waals surface area (Å²) in [5.41, 5.74) is 2.63. The van der Waals surface area contributed by atoms with Crippen LogP contribution in [0.25, 0.3) is 10.4 Å². The van der Waals surface area contributed by atoms with Crippen LogP contribution in [0.15, 0.2) is 24.3 Å². The number of rotatable bonds is 4. The summed E-state index contributed by atoms with van der Waals surface area (Å²) in [7, 11) is -3.01. The van der Waals surface area contributed by atoms with E-state index >= 15 is 0 Å². The summed E-state index contributed by atoms with van der Waals surface area (Å²) in [6.07, 6.45) is 0.527. The molecule has 0 aliphatic carbocycles. The van der Waals surface area contributed by atoms with Gasteiger partial charge in [-0.15, -0.1) is 11.3 Å². The van der Waals surface area contributed by atoms with Crippen LogP contribution in [0.4, 0.5) is 0 Å². The first-order chi connectivity index (χ1) is 11.8. The van der Waals surface area contributed by atoms with Crippen molar-refractivity contribution >= 4 is 27.1 Å². The number of thiazole rings is 1. The number of sulfone groups is 1. The Morgan fingerprint density at radius 1 is 1.28 bits per heavy atom. The molecule has 0 unspecified atom stereocenters. The summed E-state index contributed by atoms with van der Waals surface area (Å²) in [5.74, 6) is 0.141. The summed E-state index contributed by atoms with van der Waals surface area (Å²) in [6, 6.07) is 7.30. The quantitative estimate of drug-likeness (QED) is 0.820. The highest BCUT2D eigenvalue weighted by Gasteiger charge is 2.34. The minimum Gasteiger partial charge on any atom is -0.335 e. The molecule has 1 atom stereocenters. The van der Waals surface area contributed by atoms with Gasteiger partial charge in [-0.1, -0.05) is 12.1 Å². The number of carbonyl (C=O) groups excluding carboxylic acids is 1. The standard InChI is InChI=1S/C18H22N2O3S2/c1-4-20(16-9-10-25(22,23)11-16)18(21)15-7-5-14(6-8-15)17-12(2)19-13(3)24-17/h5-8,16H,4,9-11H2,1-3H3/t16-/m1/s1. The van der Waals surface area contributed by atoms with Crippen LogP contribution in [0, 0.1) is 13.8 Å². The van der Waals surface area contributed by atoms with Crippen molar-refractivity contribution in [3.8, 4) is 10.4 Å². The van der Waals surface area contributed by atoms with Gasteiger partial charge in [-0.05, 0) is 44.9 Å². The van der Waals surface area contributed by atoms with Crippen LogP contribution >= 0.6 is 11.3 Å². The van der Waals surface area contributed by atoms with Crippen molar-refractivity contribution in [2.75, 3.05) is 18.1 Å². The van der Waals surface area contributed by atoms with Crippen molar-refractivity contribution in [3.05, 3.63) is 40.5 Å². The zero-order chi connectivity index (χ0) is 18.2. The number of amides is 1. The first-order valence-electron chi connectivity index (χ1n) is 8.36. The van der Waals surface area contributed by atoms with E-state index in [0.29, 0.717) is 18.5 Å². The number of benzene rings is 1. The summed E-state index contributed by atoms with van der Waals surface area (Å²) in [4.78, 5) is 20.1. The number of aryl methyl sites for hydroxylation is 2. The van der Waals surface area contributed by atoms with Gasteiger partial charge in [0.25, 0.3) is 5.91 Å². The fourth-order valence-electron chi connectivity index (χ4n) is 3.32. The van der Waals surface area contributed by atoms with E-state index in [9.17, 15) is 13.2 Å². The van der Waals surface area contributed by atoms with Gasteiger partial charge in [0.2, 0.25) is 0 Å². The molecule has 3 rings (SSSR count). The number of aromatic nitrogens is 1. The molecule has 25 heavy (non-hydrogen) atoms. The van der Waals surface area contributed by atoms with Gasteiger partial charge in [0, 0.05) is 18.2 Å². The van der Waals surface area contributed by atoms with Crippen molar-refractivity contribution < 1.29 is 13.2 Å². The maximum Gasteiger partial charge on any atom is 0.254 e. The third kappa shape index (κ3) is 3.77. The second kappa shape index (κ2) is 6.88. The van der Waals surface area contributed by atoms with Gasteiger partial charge in [-0.2, -0.15) is 0 Å². The number of carbonyl (C=O) groups is 1. The molecule has 1 amide bonds. The Labute approximate surface area is 152 Å². The lowest BCUT2D eigenvalue weighted by Crippen LogP contribution is -2.40. The third-order valence-corrected chi connectivity index (χ3v) is 7.42. The molecule has 2 heterocycles. The Hall–Kier alpha value is -1.73. The molecule has 1 aliphatic rings. The molecule has 134 valence electrons. The fraction of sp³-hybridized carbons (Fsp3) is 0.444. The predicted octanol–water partition coefficient (Wildman–Crippen LogP) is 3.08. The molecule has 7 heteroatoms. The average Bonchev–Trinajstić information content (AvgIpc) is 3.09. The summed E-state index contributed by atoms with van der Waals surface area (Å²) in [5, 5.41) is 1.02. The Kier molecular flexibility index (Phi) is 4.97. The molecule has 1 fully saturated rings. The maximum atomic E-state index is 12.8. The van der Waals surface area contributed by atoms with Crippen LogP contribution in [-0.2, 0) is 9.84 Å². The van der Waals surface area contributed by atoms with E-state index in [4.69, 9.17) is 0 Å². The average molecular weight is 379 g/mol. The highest BCUT2D eigenvalue weighted by Crippen LogP contribution is 2.30. The molecule has 0 spiro atoms. The first-order valence-corrected chi connectivity index (χ1v) is 11.0. The zero-order valence-electron chi connectivity index (χ0n) is 14.7. The molecule has 1 aromatic heterocycles. The summed E-state index contributed by atoms with van der Waals surface area (Å²) >= 11 is 1.64. The summed E-state index contributed by atoms with van der Waals surface area (Å²) < 4.78 is 23.4. The van der Waals surface area contributed by atoms with Crippen LogP contribution in [0.1, 0.15) is 34.4 Å². The van der Waals surface area contributed by atoms with Crippen LogP contribution in [0.3, 0.4) is 0 Å². The molecule has 1 aliphatic heterocycles. The molecular formula is C18H22N2O3S2. The molecule has 5 nitrogen and oxygen atoms in total. The zero-order valence-corrected chi connectivity index (χ0v) is 16.3. The first kappa shape index (κ1) is 18.1. The van der Waals surface area contributed by atoms with Gasteiger partial charge in [0.05, 0.1) is 27.1 Å². The van der Waals surface area contributed by atoms with Gasteiger partial charge in [0.15, 0.2) is 9.84 Å². The van der Waals surface area contributed by atoms with E-state index in [1.165, 1.54) is 0 Å². The topological polar surface area (TPSA) is 67.3 Å². The lowest BCUT2D eigenvalue weighted by Gasteiger charge is -2.27. The van der Waals surface area contributed by atoms with Crippen molar-refractivity contribution in [2.45, 2.75) is 33.2 Å². The molecule has 0 radical (unpaired) electrons. The van der Waals surface area contributed by atoms with Gasteiger partial charge < -0.3 is 4.90 Å². The van der Waals surface area contributed by atoms with Gasteiger partial charge >= 0.3 is 0 Å². The van der Waals surface area contributed by atoms with Gasteiger partial charge in [-0.25, -0.2) is 13.4 Å².